The molecule has 0 saturated heterocycles. The minimum absolute atomic E-state index is 0.0466. The zero-order valence-electron chi connectivity index (χ0n) is 11.7. The second kappa shape index (κ2) is 5.99. The van der Waals surface area contributed by atoms with Crippen molar-refractivity contribution in [2.45, 2.75) is 18.4 Å². The summed E-state index contributed by atoms with van der Waals surface area (Å²) in [5.41, 5.74) is 0.680. The van der Waals surface area contributed by atoms with Crippen LogP contribution in [0.15, 0.2) is 51.2 Å². The van der Waals surface area contributed by atoms with E-state index in [1.807, 2.05) is 17.5 Å². The predicted octanol–water partition coefficient (Wildman–Crippen LogP) is 2.59. The molecule has 0 fully saturated rings. The molecule has 0 aliphatic rings. The van der Waals surface area contributed by atoms with Gasteiger partial charge in [0, 0.05) is 0 Å². The highest BCUT2D eigenvalue weighted by molar-refractivity contribution is 7.89. The average molecular weight is 335 g/mol. The summed E-state index contributed by atoms with van der Waals surface area (Å²) in [6.45, 7) is 1.70. The molecule has 0 saturated carbocycles. The van der Waals surface area contributed by atoms with Gasteiger partial charge < -0.3 is 4.52 Å². The van der Waals surface area contributed by atoms with Gasteiger partial charge in [-0.2, -0.15) is 4.98 Å². The third-order valence-electron chi connectivity index (χ3n) is 3.01. The van der Waals surface area contributed by atoms with Crippen LogP contribution in [0.2, 0.25) is 0 Å². The number of thiophene rings is 1. The highest BCUT2D eigenvalue weighted by atomic mass is 32.2. The van der Waals surface area contributed by atoms with E-state index in [0.29, 0.717) is 11.4 Å². The minimum Gasteiger partial charge on any atom is -0.337 e. The minimum atomic E-state index is -3.61. The molecular weight excluding hydrogens is 322 g/mol. The first-order chi connectivity index (χ1) is 10.6. The van der Waals surface area contributed by atoms with Crippen molar-refractivity contribution in [3.63, 3.8) is 0 Å². The summed E-state index contributed by atoms with van der Waals surface area (Å²) in [7, 11) is -3.61. The van der Waals surface area contributed by atoms with Crippen LogP contribution in [0.25, 0.3) is 10.7 Å². The van der Waals surface area contributed by atoms with Gasteiger partial charge in [0.15, 0.2) is 0 Å². The van der Waals surface area contributed by atoms with Gasteiger partial charge in [0.05, 0.1) is 16.3 Å². The van der Waals surface area contributed by atoms with Crippen LogP contribution in [0.5, 0.6) is 0 Å². The second-order valence-electron chi connectivity index (χ2n) is 4.58. The van der Waals surface area contributed by atoms with Crippen LogP contribution < -0.4 is 4.72 Å². The molecule has 0 radical (unpaired) electrons. The summed E-state index contributed by atoms with van der Waals surface area (Å²) in [6.07, 6.45) is 0. The molecule has 0 amide bonds. The highest BCUT2D eigenvalue weighted by Gasteiger charge is 2.18. The molecule has 1 N–H and O–H groups in total. The van der Waals surface area contributed by atoms with E-state index in [-0.39, 0.29) is 17.3 Å². The van der Waals surface area contributed by atoms with Gasteiger partial charge in [-0.3, -0.25) is 0 Å². The first-order valence-electron chi connectivity index (χ1n) is 6.48. The van der Waals surface area contributed by atoms with E-state index >= 15 is 0 Å². The van der Waals surface area contributed by atoms with Gasteiger partial charge in [-0.25, -0.2) is 13.1 Å². The Kier molecular flexibility index (Phi) is 4.06. The van der Waals surface area contributed by atoms with Gasteiger partial charge >= 0.3 is 0 Å². The third kappa shape index (κ3) is 3.08. The monoisotopic (exact) mass is 335 g/mol. The standard InChI is InChI=1S/C14H13N3O3S2/c1-10-5-2-3-7-12(10)22(18,19)15-9-13-16-14(17-20-13)11-6-4-8-21-11/h2-8,15H,9H2,1H3. The van der Waals surface area contributed by atoms with Crippen molar-refractivity contribution in [1.29, 1.82) is 0 Å². The molecule has 1 aromatic carbocycles. The maximum atomic E-state index is 12.3. The van der Waals surface area contributed by atoms with E-state index in [9.17, 15) is 8.42 Å². The number of sulfonamides is 1. The fourth-order valence-corrected chi connectivity index (χ4v) is 3.79. The van der Waals surface area contributed by atoms with E-state index in [1.54, 1.807) is 31.2 Å². The van der Waals surface area contributed by atoms with Crippen LogP contribution in [0.3, 0.4) is 0 Å². The fraction of sp³-hybridized carbons (Fsp3) is 0.143. The Balaban J connectivity index is 1.74. The summed E-state index contributed by atoms with van der Waals surface area (Å²) in [6, 6.07) is 10.5. The normalized spacial score (nSPS) is 11.7. The van der Waals surface area contributed by atoms with E-state index in [2.05, 4.69) is 14.9 Å². The molecule has 0 bridgehead atoms. The van der Waals surface area contributed by atoms with Gasteiger partial charge in [0.2, 0.25) is 21.7 Å². The predicted molar refractivity (Wildman–Crippen MR) is 82.8 cm³/mol. The number of aryl methyl sites for hydroxylation is 1. The van der Waals surface area contributed by atoms with Crippen LogP contribution in [0.4, 0.5) is 0 Å². The Morgan fingerprint density at radius 3 is 2.77 bits per heavy atom. The molecule has 2 aromatic heterocycles. The largest absolute Gasteiger partial charge is 0.337 e. The maximum absolute atomic E-state index is 12.3. The van der Waals surface area contributed by atoms with Crippen molar-refractivity contribution in [2.75, 3.05) is 0 Å². The number of nitrogens with zero attached hydrogens (tertiary/aromatic N) is 2. The van der Waals surface area contributed by atoms with E-state index in [0.717, 1.165) is 4.88 Å². The number of nitrogens with one attached hydrogen (secondary N) is 1. The van der Waals surface area contributed by atoms with Gasteiger partial charge in [0.1, 0.15) is 0 Å². The third-order valence-corrected chi connectivity index (χ3v) is 5.43. The lowest BCUT2D eigenvalue weighted by atomic mass is 10.2. The van der Waals surface area contributed by atoms with Crippen molar-refractivity contribution >= 4 is 21.4 Å². The van der Waals surface area contributed by atoms with Crippen LogP contribution in [-0.4, -0.2) is 18.6 Å². The number of rotatable bonds is 5. The molecule has 8 heteroatoms. The molecule has 3 aromatic rings. The Morgan fingerprint density at radius 1 is 1.23 bits per heavy atom. The zero-order chi connectivity index (χ0) is 15.6. The molecule has 2 heterocycles. The van der Waals surface area contributed by atoms with Gasteiger partial charge in [-0.1, -0.05) is 29.4 Å². The highest BCUT2D eigenvalue weighted by Crippen LogP contribution is 2.21. The Morgan fingerprint density at radius 2 is 2.05 bits per heavy atom. The lowest BCUT2D eigenvalue weighted by Crippen LogP contribution is -2.24. The topological polar surface area (TPSA) is 85.1 Å². The van der Waals surface area contributed by atoms with E-state index < -0.39 is 10.0 Å². The molecule has 0 atom stereocenters. The quantitative estimate of drug-likeness (QED) is 0.774. The SMILES string of the molecule is Cc1ccccc1S(=O)(=O)NCc1nc(-c2cccs2)no1. The molecular formula is C14H13N3O3S2. The molecule has 3 rings (SSSR count). The Hall–Kier alpha value is -2.03. The van der Waals surface area contributed by atoms with E-state index in [4.69, 9.17) is 4.52 Å². The van der Waals surface area contributed by atoms with Crippen molar-refractivity contribution in [1.82, 2.24) is 14.9 Å². The van der Waals surface area contributed by atoms with Crippen LogP contribution >= 0.6 is 11.3 Å². The molecule has 0 unspecified atom stereocenters. The smallest absolute Gasteiger partial charge is 0.242 e. The van der Waals surface area contributed by atoms with Crippen LogP contribution in [-0.2, 0) is 16.6 Å². The zero-order valence-corrected chi connectivity index (χ0v) is 13.3. The lowest BCUT2D eigenvalue weighted by Gasteiger charge is -2.07. The summed E-state index contributed by atoms with van der Waals surface area (Å²) in [4.78, 5) is 5.29. The Labute approximate surface area is 131 Å². The van der Waals surface area contributed by atoms with Crippen molar-refractivity contribution in [3.8, 4) is 10.7 Å². The van der Waals surface area contributed by atoms with Crippen molar-refractivity contribution in [3.05, 3.63) is 53.2 Å². The molecule has 22 heavy (non-hydrogen) atoms. The summed E-state index contributed by atoms with van der Waals surface area (Å²) < 4.78 is 32.1. The van der Waals surface area contributed by atoms with Crippen molar-refractivity contribution in [2.24, 2.45) is 0 Å². The van der Waals surface area contributed by atoms with Gasteiger partial charge in [-0.05, 0) is 30.0 Å². The Bertz CT molecular complexity index is 870. The molecule has 6 nitrogen and oxygen atoms in total. The number of benzene rings is 1. The average Bonchev–Trinajstić information content (AvgIpc) is 3.17. The molecule has 0 spiro atoms. The molecule has 0 aliphatic carbocycles. The second-order valence-corrected chi connectivity index (χ2v) is 7.26. The first-order valence-corrected chi connectivity index (χ1v) is 8.84. The molecule has 0 aliphatic heterocycles. The molecule has 114 valence electrons. The summed E-state index contributed by atoms with van der Waals surface area (Å²) in [5, 5.41) is 5.75. The van der Waals surface area contributed by atoms with Gasteiger partial charge in [-0.15, -0.1) is 11.3 Å². The number of hydrogen-bond acceptors (Lipinski definition) is 6. The summed E-state index contributed by atoms with van der Waals surface area (Å²) in [5.74, 6) is 0.681. The summed E-state index contributed by atoms with van der Waals surface area (Å²) >= 11 is 1.49. The van der Waals surface area contributed by atoms with Crippen LogP contribution in [0, 0.1) is 6.92 Å². The lowest BCUT2D eigenvalue weighted by molar-refractivity contribution is 0.376. The van der Waals surface area contributed by atoms with Crippen molar-refractivity contribution < 1.29 is 12.9 Å². The maximum Gasteiger partial charge on any atom is 0.242 e. The van der Waals surface area contributed by atoms with E-state index in [1.165, 1.54) is 11.3 Å². The number of aromatic nitrogens is 2. The first kappa shape index (κ1) is 14.9. The van der Waals surface area contributed by atoms with Crippen LogP contribution in [0.1, 0.15) is 11.5 Å². The fourth-order valence-electron chi connectivity index (χ4n) is 1.92. The number of hydrogen-bond donors (Lipinski definition) is 1. The van der Waals surface area contributed by atoms with Gasteiger partial charge in [0.25, 0.3) is 0 Å².